The molecule has 2 amide bonds. The predicted molar refractivity (Wildman–Crippen MR) is 86.0 cm³/mol. The highest BCUT2D eigenvalue weighted by molar-refractivity contribution is 8.69. The number of allylic oxidation sites excluding steroid dienone is 2. The van der Waals surface area contributed by atoms with E-state index in [-0.39, 0.29) is 5.91 Å². The topological polar surface area (TPSA) is 81.1 Å². The zero-order valence-corrected chi connectivity index (χ0v) is 14.0. The van der Waals surface area contributed by atoms with Crippen LogP contribution in [0.15, 0.2) is 23.8 Å². The highest BCUT2D eigenvalue weighted by Gasteiger charge is 2.65. The summed E-state index contributed by atoms with van der Waals surface area (Å²) in [5, 5.41) is 20.0. The van der Waals surface area contributed by atoms with Gasteiger partial charge in [-0.15, -0.1) is 11.7 Å². The molecule has 0 unspecified atom stereocenters. The Kier molecular flexibility index (Phi) is 3.63. The van der Waals surface area contributed by atoms with Crippen molar-refractivity contribution in [1.82, 2.24) is 9.80 Å². The Morgan fingerprint density at radius 3 is 2.73 bits per heavy atom. The summed E-state index contributed by atoms with van der Waals surface area (Å²) >= 11 is 4.11. The van der Waals surface area contributed by atoms with Crippen molar-refractivity contribution in [3.8, 4) is 0 Å². The fraction of sp³-hybridized carbons (Fsp3) is 0.571. The first-order valence-corrected chi connectivity index (χ1v) is 8.81. The van der Waals surface area contributed by atoms with Crippen molar-refractivity contribution in [3.05, 3.63) is 23.8 Å². The van der Waals surface area contributed by atoms with Gasteiger partial charge in [-0.3, -0.25) is 9.59 Å². The molecule has 3 rings (SSSR count). The summed E-state index contributed by atoms with van der Waals surface area (Å²) in [7, 11) is 2.35. The molecule has 0 aromatic carbocycles. The van der Waals surface area contributed by atoms with E-state index in [9.17, 15) is 19.8 Å². The van der Waals surface area contributed by atoms with Gasteiger partial charge < -0.3 is 20.0 Å². The lowest BCUT2D eigenvalue weighted by Crippen LogP contribution is -2.74. The maximum absolute atomic E-state index is 13.1. The molecule has 2 aliphatic heterocycles. The fourth-order valence-electron chi connectivity index (χ4n) is 3.68. The number of thiol groups is 1. The van der Waals surface area contributed by atoms with Crippen molar-refractivity contribution >= 4 is 34.3 Å². The standard InChI is InChI=1S/C14H18N2O4S2/c1-13-6-8-4-3-5-9(18)10(8)16(13)12(20)14(7-17,22-21)15(2)11(13)19/h3-5,9-10,17-18,21H,6-7H2,1-2H3/t9-,10-,13-,14+/m0/s1. The average molecular weight is 342 g/mol. The number of rotatable bonds is 2. The molecule has 0 bridgehead atoms. The molecule has 4 atom stereocenters. The van der Waals surface area contributed by atoms with Crippen LogP contribution in [-0.2, 0) is 9.59 Å². The van der Waals surface area contributed by atoms with Gasteiger partial charge in [0.25, 0.3) is 5.91 Å². The van der Waals surface area contributed by atoms with Crippen LogP contribution < -0.4 is 0 Å². The molecule has 0 spiro atoms. The van der Waals surface area contributed by atoms with Gasteiger partial charge >= 0.3 is 0 Å². The quantitative estimate of drug-likeness (QED) is 0.484. The largest absolute Gasteiger partial charge is 0.392 e. The van der Waals surface area contributed by atoms with E-state index in [1.165, 1.54) is 16.8 Å². The number of hydrogen-bond donors (Lipinski definition) is 3. The molecule has 6 nitrogen and oxygen atoms in total. The highest BCUT2D eigenvalue weighted by atomic mass is 33.1. The monoisotopic (exact) mass is 342 g/mol. The second-order valence-electron chi connectivity index (χ2n) is 6.09. The molecule has 1 aliphatic carbocycles. The third kappa shape index (κ3) is 1.72. The van der Waals surface area contributed by atoms with Crippen molar-refractivity contribution in [2.75, 3.05) is 13.7 Å². The van der Waals surface area contributed by atoms with Crippen molar-refractivity contribution in [2.45, 2.75) is 35.9 Å². The van der Waals surface area contributed by atoms with E-state index in [1.807, 2.05) is 6.08 Å². The Morgan fingerprint density at radius 2 is 2.14 bits per heavy atom. The molecule has 0 aromatic rings. The maximum atomic E-state index is 13.1. The summed E-state index contributed by atoms with van der Waals surface area (Å²) < 4.78 is 0. The van der Waals surface area contributed by atoms with Crippen molar-refractivity contribution in [1.29, 1.82) is 0 Å². The molecule has 3 aliphatic rings. The lowest BCUT2D eigenvalue weighted by molar-refractivity contribution is -0.172. The van der Waals surface area contributed by atoms with Crippen molar-refractivity contribution in [2.24, 2.45) is 0 Å². The number of aliphatic hydroxyl groups excluding tert-OH is 2. The normalized spacial score (nSPS) is 40.7. The van der Waals surface area contributed by atoms with E-state index >= 15 is 0 Å². The maximum Gasteiger partial charge on any atom is 0.263 e. The van der Waals surface area contributed by atoms with Crippen LogP contribution in [0.25, 0.3) is 0 Å². The number of aliphatic hydroxyl groups is 2. The van der Waals surface area contributed by atoms with E-state index < -0.39 is 35.1 Å². The van der Waals surface area contributed by atoms with Crippen LogP contribution >= 0.6 is 22.5 Å². The minimum atomic E-state index is -1.46. The average Bonchev–Trinajstić information content (AvgIpc) is 2.82. The van der Waals surface area contributed by atoms with E-state index in [1.54, 1.807) is 19.1 Å². The number of nitrogens with zero attached hydrogens (tertiary/aromatic N) is 2. The second-order valence-corrected chi connectivity index (χ2v) is 7.49. The molecule has 8 heteroatoms. The minimum absolute atomic E-state index is 0.259. The van der Waals surface area contributed by atoms with Gasteiger partial charge in [-0.25, -0.2) is 0 Å². The molecule has 120 valence electrons. The van der Waals surface area contributed by atoms with Gasteiger partial charge in [0.2, 0.25) is 10.8 Å². The lowest BCUT2D eigenvalue weighted by Gasteiger charge is -2.52. The Hall–Kier alpha value is -0.960. The third-order valence-electron chi connectivity index (χ3n) is 4.91. The number of likely N-dealkylation sites (N-methyl/N-ethyl adjacent to an activating group) is 1. The van der Waals surface area contributed by atoms with Gasteiger partial charge in [0.05, 0.1) is 18.8 Å². The number of hydrogen-bond acceptors (Lipinski definition) is 6. The first kappa shape index (κ1) is 15.9. The summed E-state index contributed by atoms with van der Waals surface area (Å²) in [6.07, 6.45) is 4.71. The molecule has 2 saturated heterocycles. The van der Waals surface area contributed by atoms with Crippen LogP contribution in [0.5, 0.6) is 0 Å². The lowest BCUT2D eigenvalue weighted by atomic mass is 9.90. The molecular weight excluding hydrogens is 324 g/mol. The zero-order chi connectivity index (χ0) is 16.3. The summed E-state index contributed by atoms with van der Waals surface area (Å²) in [5.41, 5.74) is -0.192. The van der Waals surface area contributed by atoms with Crippen LogP contribution in [0.1, 0.15) is 13.3 Å². The van der Waals surface area contributed by atoms with Gasteiger partial charge in [0.15, 0.2) is 0 Å². The third-order valence-corrected chi connectivity index (χ3v) is 6.69. The van der Waals surface area contributed by atoms with Gasteiger partial charge in [0.1, 0.15) is 5.54 Å². The number of carbonyl (C=O) groups excluding carboxylic acids is 2. The second kappa shape index (κ2) is 5.02. The minimum Gasteiger partial charge on any atom is -0.392 e. The molecule has 0 radical (unpaired) electrons. The van der Waals surface area contributed by atoms with Crippen LogP contribution in [0.2, 0.25) is 0 Å². The number of amides is 2. The number of fused-ring (bicyclic) bond motifs is 3. The molecule has 2 N–H and O–H groups in total. The Bertz CT molecular complexity index is 602. The Balaban J connectivity index is 2.15. The molecule has 0 aromatic heterocycles. The van der Waals surface area contributed by atoms with E-state index in [0.717, 1.165) is 16.4 Å². The highest BCUT2D eigenvalue weighted by Crippen LogP contribution is 2.49. The smallest absolute Gasteiger partial charge is 0.263 e. The van der Waals surface area contributed by atoms with E-state index in [4.69, 9.17) is 0 Å². The van der Waals surface area contributed by atoms with Crippen LogP contribution in [-0.4, -0.2) is 68.0 Å². The zero-order valence-electron chi connectivity index (χ0n) is 12.3. The van der Waals surface area contributed by atoms with Gasteiger partial charge in [-0.2, -0.15) is 0 Å². The summed E-state index contributed by atoms with van der Waals surface area (Å²) in [4.78, 5) is 27.3. The SMILES string of the molecule is CN1C(=O)[C@]2(C)CC3=CC=C[C@H](O)[C@H]3N2C(=O)[C@@]1(CO)SS. The molecule has 2 fully saturated rings. The van der Waals surface area contributed by atoms with Gasteiger partial charge in [0, 0.05) is 13.5 Å². The first-order valence-electron chi connectivity index (χ1n) is 6.94. The summed E-state index contributed by atoms with van der Waals surface area (Å²) in [6, 6.07) is -0.563. The van der Waals surface area contributed by atoms with Crippen molar-refractivity contribution < 1.29 is 19.8 Å². The van der Waals surface area contributed by atoms with E-state index in [2.05, 4.69) is 11.7 Å². The first-order chi connectivity index (χ1) is 10.3. The van der Waals surface area contributed by atoms with Crippen LogP contribution in [0.3, 0.4) is 0 Å². The Morgan fingerprint density at radius 1 is 1.45 bits per heavy atom. The van der Waals surface area contributed by atoms with Gasteiger partial charge in [-0.05, 0) is 12.5 Å². The molecule has 0 saturated carbocycles. The number of carbonyl (C=O) groups is 2. The predicted octanol–water partition coefficient (Wildman–Crippen LogP) is -0.0583. The fourth-order valence-corrected chi connectivity index (χ4v) is 4.89. The van der Waals surface area contributed by atoms with E-state index in [0.29, 0.717) is 6.42 Å². The van der Waals surface area contributed by atoms with Gasteiger partial charge in [-0.1, -0.05) is 29.0 Å². The molecule has 2 heterocycles. The Labute approximate surface area is 137 Å². The summed E-state index contributed by atoms with van der Waals surface area (Å²) in [6.45, 7) is 1.17. The van der Waals surface area contributed by atoms with Crippen LogP contribution in [0, 0.1) is 0 Å². The molecule has 22 heavy (non-hydrogen) atoms. The molecular formula is C14H18N2O4S2. The number of piperazine rings is 1. The summed E-state index contributed by atoms with van der Waals surface area (Å²) in [5.74, 6) is -0.660. The van der Waals surface area contributed by atoms with Crippen molar-refractivity contribution in [3.63, 3.8) is 0 Å². The van der Waals surface area contributed by atoms with Crippen LogP contribution in [0.4, 0.5) is 0 Å².